The lowest BCUT2D eigenvalue weighted by molar-refractivity contribution is 0.393. The lowest BCUT2D eigenvalue weighted by atomic mass is 9.96. The third-order valence-corrected chi connectivity index (χ3v) is 4.80. The smallest absolute Gasteiger partial charge is 0.103 e. The van der Waals surface area contributed by atoms with Crippen molar-refractivity contribution in [2.24, 2.45) is 5.92 Å². The molecule has 0 radical (unpaired) electrons. The molecule has 4 heteroatoms. The zero-order chi connectivity index (χ0) is 14.4. The maximum absolute atomic E-state index is 9.49. The minimum Gasteiger partial charge on any atom is -0.370 e. The number of rotatable bonds is 5. The van der Waals surface area contributed by atoms with Gasteiger partial charge in [-0.25, -0.2) is 0 Å². The van der Waals surface area contributed by atoms with Crippen LogP contribution in [0.2, 0.25) is 0 Å². The van der Waals surface area contributed by atoms with Crippen LogP contribution in [0.4, 0.5) is 5.69 Å². The number of hydrogen-bond acceptors (Lipinski definition) is 4. The molecule has 1 aliphatic rings. The molecule has 1 N–H and O–H groups in total. The van der Waals surface area contributed by atoms with Gasteiger partial charge in [-0.2, -0.15) is 5.26 Å². The summed E-state index contributed by atoms with van der Waals surface area (Å²) in [6.07, 6.45) is 2.41. The Morgan fingerprint density at radius 3 is 2.75 bits per heavy atom. The Morgan fingerprint density at radius 2 is 2.15 bits per heavy atom. The maximum atomic E-state index is 9.49. The van der Waals surface area contributed by atoms with Crippen LogP contribution in [0.25, 0.3) is 0 Å². The molecule has 0 amide bonds. The number of hydrogen-bond donors (Lipinski definition) is 1. The standard InChI is InChI=1S/C16H23N3S/c1-3-20-16-6-4-5-15(14(16)11-17)19-9-7-13(8-10-19)12-18-2/h4-6,13,18H,3,7-10,12H2,1-2H3. The lowest BCUT2D eigenvalue weighted by Crippen LogP contribution is -2.37. The fraction of sp³-hybridized carbons (Fsp3) is 0.562. The molecule has 0 aromatic heterocycles. The molecule has 0 saturated carbocycles. The Kier molecular flexibility index (Phi) is 5.75. The first-order valence-corrected chi connectivity index (χ1v) is 8.34. The number of nitrogens with zero attached hydrogens (tertiary/aromatic N) is 2. The van der Waals surface area contributed by atoms with Gasteiger partial charge in [0.2, 0.25) is 0 Å². The van der Waals surface area contributed by atoms with Crippen LogP contribution in [0.3, 0.4) is 0 Å². The van der Waals surface area contributed by atoms with Gasteiger partial charge < -0.3 is 10.2 Å². The second kappa shape index (κ2) is 7.56. The van der Waals surface area contributed by atoms with E-state index in [1.165, 1.54) is 12.8 Å². The van der Waals surface area contributed by atoms with E-state index in [1.54, 1.807) is 11.8 Å². The van der Waals surface area contributed by atoms with Crippen molar-refractivity contribution in [3.63, 3.8) is 0 Å². The Hall–Kier alpha value is -1.18. The van der Waals surface area contributed by atoms with Gasteiger partial charge in [0.25, 0.3) is 0 Å². The highest BCUT2D eigenvalue weighted by Crippen LogP contribution is 2.32. The first-order chi connectivity index (χ1) is 9.80. The molecule has 1 saturated heterocycles. The summed E-state index contributed by atoms with van der Waals surface area (Å²) in [6.45, 7) is 5.34. The van der Waals surface area contributed by atoms with E-state index >= 15 is 0 Å². The highest BCUT2D eigenvalue weighted by molar-refractivity contribution is 7.99. The van der Waals surface area contributed by atoms with E-state index < -0.39 is 0 Å². The second-order valence-corrected chi connectivity index (χ2v) is 6.49. The molecule has 0 bridgehead atoms. The number of anilines is 1. The van der Waals surface area contributed by atoms with Crippen LogP contribution in [-0.4, -0.2) is 32.4 Å². The third kappa shape index (κ3) is 3.47. The summed E-state index contributed by atoms with van der Waals surface area (Å²) in [6, 6.07) is 8.64. The van der Waals surface area contributed by atoms with Crippen molar-refractivity contribution >= 4 is 17.4 Å². The number of thioether (sulfide) groups is 1. The monoisotopic (exact) mass is 289 g/mol. The van der Waals surface area contributed by atoms with Gasteiger partial charge in [-0.05, 0) is 50.2 Å². The third-order valence-electron chi connectivity index (χ3n) is 3.86. The van der Waals surface area contributed by atoms with E-state index in [1.807, 2.05) is 7.05 Å². The average molecular weight is 289 g/mol. The molecule has 2 rings (SSSR count). The van der Waals surface area contributed by atoms with E-state index in [-0.39, 0.29) is 0 Å². The zero-order valence-corrected chi connectivity index (χ0v) is 13.2. The lowest BCUT2D eigenvalue weighted by Gasteiger charge is -2.34. The SMILES string of the molecule is CCSc1cccc(N2CCC(CNC)CC2)c1C#N. The highest BCUT2D eigenvalue weighted by Gasteiger charge is 2.21. The average Bonchev–Trinajstić information content (AvgIpc) is 2.48. The molecule has 1 aliphatic heterocycles. The Balaban J connectivity index is 2.14. The molecule has 1 aromatic rings. The normalized spacial score (nSPS) is 16.1. The van der Waals surface area contributed by atoms with Crippen molar-refractivity contribution in [2.45, 2.75) is 24.7 Å². The fourth-order valence-electron chi connectivity index (χ4n) is 2.84. The number of nitriles is 1. The predicted octanol–water partition coefficient (Wildman–Crippen LogP) is 3.11. The van der Waals surface area contributed by atoms with Crippen molar-refractivity contribution in [3.8, 4) is 6.07 Å². The van der Waals surface area contributed by atoms with E-state index in [0.717, 1.165) is 47.5 Å². The van der Waals surface area contributed by atoms with Crippen LogP contribution in [-0.2, 0) is 0 Å². The van der Waals surface area contributed by atoms with Crippen molar-refractivity contribution in [2.75, 3.05) is 37.3 Å². The largest absolute Gasteiger partial charge is 0.370 e. The maximum Gasteiger partial charge on any atom is 0.103 e. The molecule has 3 nitrogen and oxygen atoms in total. The Bertz CT molecular complexity index is 473. The minimum atomic E-state index is 0.773. The van der Waals surface area contributed by atoms with E-state index in [2.05, 4.69) is 41.4 Å². The Labute approximate surface area is 126 Å². The molecule has 0 aliphatic carbocycles. The van der Waals surface area contributed by atoms with Gasteiger partial charge in [0.05, 0.1) is 11.3 Å². The van der Waals surface area contributed by atoms with Gasteiger partial charge in [0.1, 0.15) is 6.07 Å². The summed E-state index contributed by atoms with van der Waals surface area (Å²) in [5, 5.41) is 12.8. The predicted molar refractivity (Wildman–Crippen MR) is 86.4 cm³/mol. The fourth-order valence-corrected chi connectivity index (χ4v) is 3.62. The molecular formula is C16H23N3S. The van der Waals surface area contributed by atoms with Crippen LogP contribution in [0.15, 0.2) is 23.1 Å². The molecule has 20 heavy (non-hydrogen) atoms. The van der Waals surface area contributed by atoms with Crippen molar-refractivity contribution in [3.05, 3.63) is 23.8 Å². The van der Waals surface area contributed by atoms with Gasteiger partial charge in [0, 0.05) is 18.0 Å². The second-order valence-electron chi connectivity index (χ2n) is 5.18. The summed E-state index contributed by atoms with van der Waals surface area (Å²) in [4.78, 5) is 3.49. The Morgan fingerprint density at radius 1 is 1.40 bits per heavy atom. The first kappa shape index (κ1) is 15.2. The van der Waals surface area contributed by atoms with Crippen molar-refractivity contribution in [1.29, 1.82) is 5.26 Å². The van der Waals surface area contributed by atoms with E-state index in [9.17, 15) is 5.26 Å². The molecule has 0 unspecified atom stereocenters. The molecule has 1 heterocycles. The summed E-state index contributed by atoms with van der Waals surface area (Å²) >= 11 is 1.75. The molecule has 0 atom stereocenters. The van der Waals surface area contributed by atoms with Crippen molar-refractivity contribution < 1.29 is 0 Å². The van der Waals surface area contributed by atoms with Crippen LogP contribution >= 0.6 is 11.8 Å². The number of benzene rings is 1. The first-order valence-electron chi connectivity index (χ1n) is 7.35. The summed E-state index contributed by atoms with van der Waals surface area (Å²) in [7, 11) is 2.02. The molecular weight excluding hydrogens is 266 g/mol. The van der Waals surface area contributed by atoms with Gasteiger partial charge in [-0.3, -0.25) is 0 Å². The molecule has 108 valence electrons. The molecule has 0 spiro atoms. The van der Waals surface area contributed by atoms with Gasteiger partial charge in [0.15, 0.2) is 0 Å². The van der Waals surface area contributed by atoms with E-state index in [0.29, 0.717) is 0 Å². The van der Waals surface area contributed by atoms with Crippen LogP contribution in [0.1, 0.15) is 25.3 Å². The van der Waals surface area contributed by atoms with Gasteiger partial charge in [-0.15, -0.1) is 11.8 Å². The molecule has 1 aromatic carbocycles. The summed E-state index contributed by atoms with van der Waals surface area (Å²) in [5.74, 6) is 1.78. The van der Waals surface area contributed by atoms with Crippen LogP contribution in [0.5, 0.6) is 0 Å². The number of piperidine rings is 1. The molecule has 1 fully saturated rings. The number of nitrogens with one attached hydrogen (secondary N) is 1. The quantitative estimate of drug-likeness (QED) is 0.845. The van der Waals surface area contributed by atoms with Gasteiger partial charge >= 0.3 is 0 Å². The van der Waals surface area contributed by atoms with Crippen LogP contribution < -0.4 is 10.2 Å². The van der Waals surface area contributed by atoms with Crippen molar-refractivity contribution in [1.82, 2.24) is 5.32 Å². The zero-order valence-electron chi connectivity index (χ0n) is 12.4. The summed E-state index contributed by atoms with van der Waals surface area (Å²) < 4.78 is 0. The van der Waals surface area contributed by atoms with E-state index in [4.69, 9.17) is 0 Å². The summed E-state index contributed by atoms with van der Waals surface area (Å²) in [5.41, 5.74) is 1.97. The highest BCUT2D eigenvalue weighted by atomic mass is 32.2. The van der Waals surface area contributed by atoms with Gasteiger partial charge in [-0.1, -0.05) is 13.0 Å². The topological polar surface area (TPSA) is 39.1 Å². The van der Waals surface area contributed by atoms with Crippen LogP contribution in [0, 0.1) is 17.2 Å². The minimum absolute atomic E-state index is 0.773.